The molecule has 4 nitrogen and oxygen atoms in total. The quantitative estimate of drug-likeness (QED) is 0.781. The zero-order valence-corrected chi connectivity index (χ0v) is 16.2. The van der Waals surface area contributed by atoms with Crippen LogP contribution in [0.4, 0.5) is 13.2 Å². The molecule has 1 amide bonds. The second-order valence-electron chi connectivity index (χ2n) is 6.89. The Morgan fingerprint density at radius 3 is 2.67 bits per heavy atom. The van der Waals surface area contributed by atoms with Gasteiger partial charge < -0.3 is 4.90 Å². The van der Waals surface area contributed by atoms with Crippen LogP contribution in [0.1, 0.15) is 28.0 Å². The Balaban J connectivity index is 1.69. The van der Waals surface area contributed by atoms with Gasteiger partial charge in [-0.2, -0.15) is 13.2 Å². The number of carbonyl (C=O) groups excluding carboxylic acids is 1. The van der Waals surface area contributed by atoms with Crippen LogP contribution in [0.15, 0.2) is 23.6 Å². The van der Waals surface area contributed by atoms with E-state index in [0.29, 0.717) is 25.2 Å². The topological polar surface area (TPSA) is 36.4 Å². The molecule has 27 heavy (non-hydrogen) atoms. The summed E-state index contributed by atoms with van der Waals surface area (Å²) >= 11 is 1.41. The third-order valence-corrected chi connectivity index (χ3v) is 5.49. The van der Waals surface area contributed by atoms with Crippen LogP contribution < -0.4 is 0 Å². The lowest BCUT2D eigenvalue weighted by molar-refractivity contribution is -0.145. The van der Waals surface area contributed by atoms with E-state index in [1.165, 1.54) is 16.2 Å². The van der Waals surface area contributed by atoms with E-state index in [2.05, 4.69) is 11.1 Å². The number of aromatic nitrogens is 1. The molecule has 1 saturated heterocycles. The van der Waals surface area contributed by atoms with Gasteiger partial charge in [-0.1, -0.05) is 23.8 Å². The van der Waals surface area contributed by atoms with Gasteiger partial charge in [0.15, 0.2) is 0 Å². The summed E-state index contributed by atoms with van der Waals surface area (Å²) in [6.45, 7) is 4.40. The summed E-state index contributed by atoms with van der Waals surface area (Å²) in [4.78, 5) is 20.2. The van der Waals surface area contributed by atoms with E-state index >= 15 is 0 Å². The molecule has 0 atom stereocenters. The molecule has 1 aliphatic heterocycles. The van der Waals surface area contributed by atoms with Crippen LogP contribution in [0.25, 0.3) is 10.6 Å². The average molecular weight is 397 g/mol. The number of rotatable bonds is 3. The smallest absolute Gasteiger partial charge is 0.336 e. The number of aryl methyl sites for hydroxylation is 2. The van der Waals surface area contributed by atoms with Crippen molar-refractivity contribution in [3.05, 3.63) is 40.4 Å². The standard InChI is InChI=1S/C19H22F3N3OS/c1-13-4-5-15(14(2)10-13)17-23-16(11-27-17)18(26)25-7-3-6-24(8-9-25)12-19(20,21)22/h4-5,10-11H,3,6-9,12H2,1-2H3. The third-order valence-electron chi connectivity index (χ3n) is 4.61. The van der Waals surface area contributed by atoms with Crippen molar-refractivity contribution in [3.8, 4) is 10.6 Å². The van der Waals surface area contributed by atoms with E-state index < -0.39 is 12.7 Å². The van der Waals surface area contributed by atoms with Gasteiger partial charge >= 0.3 is 6.18 Å². The zero-order valence-electron chi connectivity index (χ0n) is 15.3. The predicted octanol–water partition coefficient (Wildman–Crippen LogP) is 4.14. The fourth-order valence-electron chi connectivity index (χ4n) is 3.30. The van der Waals surface area contributed by atoms with Crippen molar-refractivity contribution in [2.24, 2.45) is 0 Å². The second-order valence-corrected chi connectivity index (χ2v) is 7.75. The summed E-state index contributed by atoms with van der Waals surface area (Å²) < 4.78 is 37.8. The number of alkyl halides is 3. The summed E-state index contributed by atoms with van der Waals surface area (Å²) in [5.74, 6) is -0.212. The maximum Gasteiger partial charge on any atom is 0.401 e. The van der Waals surface area contributed by atoms with Crippen LogP contribution in [0.3, 0.4) is 0 Å². The number of benzene rings is 1. The Hall–Kier alpha value is -1.93. The normalized spacial score (nSPS) is 16.4. The molecule has 8 heteroatoms. The lowest BCUT2D eigenvalue weighted by atomic mass is 10.1. The van der Waals surface area contributed by atoms with E-state index in [1.54, 1.807) is 10.3 Å². The van der Waals surface area contributed by atoms with Crippen molar-refractivity contribution < 1.29 is 18.0 Å². The molecule has 1 aromatic heterocycles. The van der Waals surface area contributed by atoms with Gasteiger partial charge in [-0.25, -0.2) is 4.98 Å². The van der Waals surface area contributed by atoms with Crippen molar-refractivity contribution >= 4 is 17.2 Å². The molecule has 1 aromatic carbocycles. The van der Waals surface area contributed by atoms with Crippen molar-refractivity contribution in [2.75, 3.05) is 32.7 Å². The minimum absolute atomic E-state index is 0.212. The number of halogens is 3. The van der Waals surface area contributed by atoms with Crippen LogP contribution in [-0.4, -0.2) is 59.6 Å². The van der Waals surface area contributed by atoms with Crippen LogP contribution in [-0.2, 0) is 0 Å². The van der Waals surface area contributed by atoms with Crippen molar-refractivity contribution in [1.82, 2.24) is 14.8 Å². The Morgan fingerprint density at radius 1 is 1.19 bits per heavy atom. The van der Waals surface area contributed by atoms with Crippen LogP contribution >= 0.6 is 11.3 Å². The molecule has 2 aromatic rings. The monoisotopic (exact) mass is 397 g/mol. The Bertz CT molecular complexity index is 819. The molecule has 3 rings (SSSR count). The maximum atomic E-state index is 12.8. The van der Waals surface area contributed by atoms with Gasteiger partial charge in [0, 0.05) is 37.1 Å². The van der Waals surface area contributed by atoms with Crippen molar-refractivity contribution in [1.29, 1.82) is 0 Å². The van der Waals surface area contributed by atoms with Crippen molar-refractivity contribution in [2.45, 2.75) is 26.4 Å². The number of nitrogens with zero attached hydrogens (tertiary/aromatic N) is 3. The molecule has 0 saturated carbocycles. The lowest BCUT2D eigenvalue weighted by Crippen LogP contribution is -2.38. The number of hydrogen-bond donors (Lipinski definition) is 0. The Morgan fingerprint density at radius 2 is 1.96 bits per heavy atom. The molecule has 0 aliphatic carbocycles. The summed E-state index contributed by atoms with van der Waals surface area (Å²) in [7, 11) is 0. The number of carbonyl (C=O) groups is 1. The molecule has 0 bridgehead atoms. The van der Waals surface area contributed by atoms with E-state index in [9.17, 15) is 18.0 Å². The van der Waals surface area contributed by atoms with Gasteiger partial charge in [0.1, 0.15) is 10.7 Å². The SMILES string of the molecule is Cc1ccc(-c2nc(C(=O)N3CCCN(CC(F)(F)F)CC3)cs2)c(C)c1. The highest BCUT2D eigenvalue weighted by Crippen LogP contribution is 2.28. The fraction of sp³-hybridized carbons (Fsp3) is 0.474. The summed E-state index contributed by atoms with van der Waals surface area (Å²) in [6, 6.07) is 6.08. The minimum atomic E-state index is -4.21. The van der Waals surface area contributed by atoms with E-state index in [1.807, 2.05) is 26.0 Å². The highest BCUT2D eigenvalue weighted by Gasteiger charge is 2.32. The first-order valence-corrected chi connectivity index (χ1v) is 9.72. The molecule has 2 heterocycles. The summed E-state index contributed by atoms with van der Waals surface area (Å²) in [5.41, 5.74) is 3.62. The molecule has 0 unspecified atom stereocenters. The predicted molar refractivity (Wildman–Crippen MR) is 100 cm³/mol. The molecule has 0 spiro atoms. The van der Waals surface area contributed by atoms with Gasteiger partial charge in [0.2, 0.25) is 0 Å². The molecule has 146 valence electrons. The minimum Gasteiger partial charge on any atom is -0.336 e. The van der Waals surface area contributed by atoms with Crippen LogP contribution in [0, 0.1) is 13.8 Å². The third kappa shape index (κ3) is 5.07. The first-order valence-electron chi connectivity index (χ1n) is 8.84. The van der Waals surface area contributed by atoms with Gasteiger partial charge in [-0.05, 0) is 25.8 Å². The van der Waals surface area contributed by atoms with Crippen LogP contribution in [0.5, 0.6) is 0 Å². The van der Waals surface area contributed by atoms with Gasteiger partial charge in [-0.3, -0.25) is 9.69 Å². The molecular formula is C19H22F3N3OS. The van der Waals surface area contributed by atoms with E-state index in [4.69, 9.17) is 0 Å². The Kier molecular flexibility index (Phi) is 5.86. The largest absolute Gasteiger partial charge is 0.401 e. The van der Waals surface area contributed by atoms with Gasteiger partial charge in [-0.15, -0.1) is 11.3 Å². The second kappa shape index (κ2) is 7.98. The van der Waals surface area contributed by atoms with Gasteiger partial charge in [0.05, 0.1) is 6.54 Å². The number of hydrogen-bond acceptors (Lipinski definition) is 4. The van der Waals surface area contributed by atoms with Gasteiger partial charge in [0.25, 0.3) is 5.91 Å². The fourth-order valence-corrected chi connectivity index (χ4v) is 4.18. The maximum absolute atomic E-state index is 12.8. The molecule has 0 N–H and O–H groups in total. The highest BCUT2D eigenvalue weighted by molar-refractivity contribution is 7.13. The number of amides is 1. The molecule has 0 radical (unpaired) electrons. The molecule has 1 fully saturated rings. The first kappa shape index (κ1) is 19.8. The highest BCUT2D eigenvalue weighted by atomic mass is 32.1. The first-order chi connectivity index (χ1) is 12.7. The molecule has 1 aliphatic rings. The van der Waals surface area contributed by atoms with E-state index in [-0.39, 0.29) is 19.0 Å². The summed E-state index contributed by atoms with van der Waals surface area (Å²) in [6.07, 6.45) is -3.69. The van der Waals surface area contributed by atoms with E-state index in [0.717, 1.165) is 21.7 Å². The number of thiazole rings is 1. The average Bonchev–Trinajstić information content (AvgIpc) is 2.94. The van der Waals surface area contributed by atoms with Crippen molar-refractivity contribution in [3.63, 3.8) is 0 Å². The summed E-state index contributed by atoms with van der Waals surface area (Å²) in [5, 5.41) is 2.51. The lowest BCUT2D eigenvalue weighted by Gasteiger charge is -2.22. The zero-order chi connectivity index (χ0) is 19.6. The Labute approximate surface area is 160 Å². The van der Waals surface area contributed by atoms with Crippen LogP contribution in [0.2, 0.25) is 0 Å². The molecular weight excluding hydrogens is 375 g/mol.